The Bertz CT molecular complexity index is 931. The predicted octanol–water partition coefficient (Wildman–Crippen LogP) is 0.949. The summed E-state index contributed by atoms with van der Waals surface area (Å²) in [7, 11) is 0. The molecule has 8 heteroatoms. The fourth-order valence-corrected chi connectivity index (χ4v) is 3.30. The minimum Gasteiger partial charge on any atom is -0.486 e. The zero-order chi connectivity index (χ0) is 20.2. The van der Waals surface area contributed by atoms with E-state index in [4.69, 9.17) is 9.47 Å². The van der Waals surface area contributed by atoms with Crippen LogP contribution >= 0.6 is 0 Å². The van der Waals surface area contributed by atoms with Gasteiger partial charge in [-0.15, -0.1) is 0 Å². The van der Waals surface area contributed by atoms with Crippen LogP contribution in [0.1, 0.15) is 5.56 Å². The van der Waals surface area contributed by atoms with Crippen LogP contribution in [0, 0.1) is 0 Å². The minimum atomic E-state index is -0.694. The second-order valence-electron chi connectivity index (χ2n) is 6.77. The average molecular weight is 395 g/mol. The van der Waals surface area contributed by atoms with E-state index in [-0.39, 0.29) is 19.0 Å². The number of hydrogen-bond donors (Lipinski definition) is 1. The van der Waals surface area contributed by atoms with Crippen LogP contribution in [0.3, 0.4) is 0 Å². The zero-order valence-electron chi connectivity index (χ0n) is 15.8. The summed E-state index contributed by atoms with van der Waals surface area (Å²) >= 11 is 0. The lowest BCUT2D eigenvalue weighted by atomic mass is 10.2. The molecule has 1 N–H and O–H groups in total. The van der Waals surface area contributed by atoms with Crippen LogP contribution in [0.15, 0.2) is 48.5 Å². The molecular formula is C21H21N3O5. The van der Waals surface area contributed by atoms with E-state index < -0.39 is 11.8 Å². The van der Waals surface area contributed by atoms with Crippen molar-refractivity contribution in [3.8, 4) is 11.5 Å². The normalized spacial score (nSPS) is 16.0. The van der Waals surface area contributed by atoms with E-state index >= 15 is 0 Å². The second kappa shape index (κ2) is 8.22. The number of rotatable bonds is 5. The summed E-state index contributed by atoms with van der Waals surface area (Å²) in [5.74, 6) is -0.489. The molecule has 8 nitrogen and oxygen atoms in total. The van der Waals surface area contributed by atoms with Crippen molar-refractivity contribution >= 4 is 23.4 Å². The molecule has 4 rings (SSSR count). The van der Waals surface area contributed by atoms with Gasteiger partial charge in [-0.05, 0) is 17.7 Å². The third kappa shape index (κ3) is 4.16. The van der Waals surface area contributed by atoms with Crippen molar-refractivity contribution in [2.45, 2.75) is 6.54 Å². The molecule has 0 unspecified atom stereocenters. The number of anilines is 1. The second-order valence-corrected chi connectivity index (χ2v) is 6.77. The maximum absolute atomic E-state index is 12.6. The Morgan fingerprint density at radius 3 is 2.48 bits per heavy atom. The summed E-state index contributed by atoms with van der Waals surface area (Å²) < 4.78 is 11.0. The minimum absolute atomic E-state index is 0.146. The first kappa shape index (κ1) is 18.8. The lowest BCUT2D eigenvalue weighted by Gasteiger charge is -2.33. The predicted molar refractivity (Wildman–Crippen MR) is 105 cm³/mol. The maximum Gasteiger partial charge on any atom is 0.316 e. The number of carbonyl (C=O) groups excluding carboxylic acids is 3. The number of benzene rings is 2. The molecule has 2 heterocycles. The van der Waals surface area contributed by atoms with E-state index in [0.717, 1.165) is 5.56 Å². The Morgan fingerprint density at radius 1 is 0.931 bits per heavy atom. The molecule has 0 bridgehead atoms. The molecule has 150 valence electrons. The standard InChI is InChI=1S/C21H21N3O5/c25-19(22-13-15-4-2-1-3-5-15)14-23-8-9-24(21(27)20(23)26)16-6-7-17-18(12-16)29-11-10-28-17/h1-7,12H,8-11,13-14H2,(H,22,25). The van der Waals surface area contributed by atoms with Gasteiger partial charge in [-0.1, -0.05) is 30.3 Å². The molecule has 0 aromatic heterocycles. The first-order chi connectivity index (χ1) is 14.1. The van der Waals surface area contributed by atoms with Gasteiger partial charge in [0.15, 0.2) is 11.5 Å². The van der Waals surface area contributed by atoms with Gasteiger partial charge in [-0.2, -0.15) is 0 Å². The van der Waals surface area contributed by atoms with Crippen molar-refractivity contribution in [1.29, 1.82) is 0 Å². The third-order valence-electron chi connectivity index (χ3n) is 4.81. The Balaban J connectivity index is 1.36. The molecule has 0 atom stereocenters. The van der Waals surface area contributed by atoms with Crippen LogP contribution in [-0.4, -0.2) is 55.5 Å². The monoisotopic (exact) mass is 395 g/mol. The molecule has 0 saturated carbocycles. The van der Waals surface area contributed by atoms with Crippen molar-refractivity contribution in [3.63, 3.8) is 0 Å². The fourth-order valence-electron chi connectivity index (χ4n) is 3.30. The van der Waals surface area contributed by atoms with Crippen LogP contribution in [0.4, 0.5) is 5.69 Å². The van der Waals surface area contributed by atoms with E-state index in [0.29, 0.717) is 43.5 Å². The van der Waals surface area contributed by atoms with Gasteiger partial charge in [-0.25, -0.2) is 0 Å². The number of nitrogens with zero attached hydrogens (tertiary/aromatic N) is 2. The van der Waals surface area contributed by atoms with Crippen molar-refractivity contribution in [1.82, 2.24) is 10.2 Å². The highest BCUT2D eigenvalue weighted by atomic mass is 16.6. The molecule has 3 amide bonds. The fraction of sp³-hybridized carbons (Fsp3) is 0.286. The molecule has 0 radical (unpaired) electrons. The molecule has 29 heavy (non-hydrogen) atoms. The molecule has 2 aromatic rings. The largest absolute Gasteiger partial charge is 0.486 e. The van der Waals surface area contributed by atoms with Gasteiger partial charge in [-0.3, -0.25) is 14.4 Å². The van der Waals surface area contributed by atoms with Crippen molar-refractivity contribution in [3.05, 3.63) is 54.1 Å². The van der Waals surface area contributed by atoms with Crippen molar-refractivity contribution in [2.75, 3.05) is 37.7 Å². The Hall–Kier alpha value is -3.55. The van der Waals surface area contributed by atoms with E-state index in [1.165, 1.54) is 9.80 Å². The zero-order valence-corrected chi connectivity index (χ0v) is 15.8. The first-order valence-corrected chi connectivity index (χ1v) is 9.43. The molecule has 2 aliphatic heterocycles. The van der Waals surface area contributed by atoms with Crippen LogP contribution in [0.2, 0.25) is 0 Å². The summed E-state index contributed by atoms with van der Waals surface area (Å²) in [6.45, 7) is 1.73. The highest BCUT2D eigenvalue weighted by Crippen LogP contribution is 2.34. The highest BCUT2D eigenvalue weighted by Gasteiger charge is 2.34. The average Bonchev–Trinajstić information content (AvgIpc) is 2.76. The molecule has 1 saturated heterocycles. The van der Waals surface area contributed by atoms with Gasteiger partial charge >= 0.3 is 11.8 Å². The number of piperazine rings is 1. The van der Waals surface area contributed by atoms with Crippen LogP contribution in [0.25, 0.3) is 0 Å². The molecule has 0 aliphatic carbocycles. The van der Waals surface area contributed by atoms with Gasteiger partial charge in [0, 0.05) is 31.4 Å². The van der Waals surface area contributed by atoms with E-state index in [1.807, 2.05) is 30.3 Å². The summed E-state index contributed by atoms with van der Waals surface area (Å²) in [6, 6.07) is 14.6. The van der Waals surface area contributed by atoms with E-state index in [1.54, 1.807) is 18.2 Å². The lowest BCUT2D eigenvalue weighted by Crippen LogP contribution is -2.56. The third-order valence-corrected chi connectivity index (χ3v) is 4.81. The van der Waals surface area contributed by atoms with Crippen LogP contribution < -0.4 is 19.7 Å². The topological polar surface area (TPSA) is 88.2 Å². The van der Waals surface area contributed by atoms with E-state index in [2.05, 4.69) is 5.32 Å². The molecular weight excluding hydrogens is 374 g/mol. The molecule has 2 aromatic carbocycles. The van der Waals surface area contributed by atoms with Gasteiger partial charge < -0.3 is 24.6 Å². The number of amides is 3. The first-order valence-electron chi connectivity index (χ1n) is 9.43. The molecule has 2 aliphatic rings. The number of nitrogens with one attached hydrogen (secondary N) is 1. The maximum atomic E-state index is 12.6. The van der Waals surface area contributed by atoms with E-state index in [9.17, 15) is 14.4 Å². The van der Waals surface area contributed by atoms with Crippen LogP contribution in [-0.2, 0) is 20.9 Å². The quantitative estimate of drug-likeness (QED) is 0.762. The van der Waals surface area contributed by atoms with Gasteiger partial charge in [0.05, 0.1) is 0 Å². The Morgan fingerprint density at radius 2 is 1.69 bits per heavy atom. The van der Waals surface area contributed by atoms with Crippen LogP contribution in [0.5, 0.6) is 11.5 Å². The van der Waals surface area contributed by atoms with Gasteiger partial charge in [0.2, 0.25) is 5.91 Å². The summed E-state index contributed by atoms with van der Waals surface area (Å²) in [4.78, 5) is 40.0. The number of carbonyl (C=O) groups is 3. The number of hydrogen-bond acceptors (Lipinski definition) is 5. The number of fused-ring (bicyclic) bond motifs is 1. The SMILES string of the molecule is O=C(CN1CCN(c2ccc3c(c2)OCCO3)C(=O)C1=O)NCc1ccccc1. The summed E-state index contributed by atoms with van der Waals surface area (Å²) in [5, 5.41) is 2.77. The molecule has 0 spiro atoms. The number of ether oxygens (including phenoxy) is 2. The smallest absolute Gasteiger partial charge is 0.316 e. The van der Waals surface area contributed by atoms with Gasteiger partial charge in [0.25, 0.3) is 0 Å². The lowest BCUT2D eigenvalue weighted by molar-refractivity contribution is -0.147. The molecule has 1 fully saturated rings. The van der Waals surface area contributed by atoms with Crippen molar-refractivity contribution in [2.24, 2.45) is 0 Å². The highest BCUT2D eigenvalue weighted by molar-refractivity contribution is 6.41. The summed E-state index contributed by atoms with van der Waals surface area (Å²) in [5.41, 5.74) is 1.53. The Kier molecular flexibility index (Phi) is 5.33. The van der Waals surface area contributed by atoms with Gasteiger partial charge in [0.1, 0.15) is 19.8 Å². The Labute approximate surface area is 168 Å². The summed E-state index contributed by atoms with van der Waals surface area (Å²) in [6.07, 6.45) is 0. The van der Waals surface area contributed by atoms with Crippen molar-refractivity contribution < 1.29 is 23.9 Å².